The number of benzene rings is 1. The van der Waals surface area contributed by atoms with Gasteiger partial charge in [-0.1, -0.05) is 12.1 Å². The third-order valence-electron chi connectivity index (χ3n) is 3.55. The highest BCUT2D eigenvalue weighted by Crippen LogP contribution is 2.50. The number of nitrogens with two attached hydrogens (primary N) is 1. The van der Waals surface area contributed by atoms with E-state index in [1.807, 2.05) is 25.1 Å². The van der Waals surface area contributed by atoms with E-state index < -0.39 is 0 Å². The van der Waals surface area contributed by atoms with Gasteiger partial charge in [-0.15, -0.1) is 0 Å². The fraction of sp³-hybridized carbons (Fsp3) is 0.500. The van der Waals surface area contributed by atoms with Crippen molar-refractivity contribution in [2.75, 3.05) is 13.1 Å². The third-order valence-corrected chi connectivity index (χ3v) is 3.55. The second kappa shape index (κ2) is 4.88. The number of carbonyl (C=O) groups is 1. The Labute approximate surface area is 102 Å². The summed E-state index contributed by atoms with van der Waals surface area (Å²) in [5, 5.41) is 2.83. The molecule has 1 fully saturated rings. The molecule has 0 aromatic heterocycles. The summed E-state index contributed by atoms with van der Waals surface area (Å²) in [7, 11) is 0. The maximum absolute atomic E-state index is 11.8. The second-order valence-electron chi connectivity index (χ2n) is 4.76. The van der Waals surface area contributed by atoms with Crippen molar-refractivity contribution in [3.05, 3.63) is 35.4 Å². The monoisotopic (exact) mass is 232 g/mol. The SMILES string of the molecule is CCNC(=O)c1cccc(C2(CCN)CC2)c1. The average molecular weight is 232 g/mol. The number of nitrogens with one attached hydrogen (secondary N) is 1. The van der Waals surface area contributed by atoms with E-state index in [4.69, 9.17) is 5.73 Å². The van der Waals surface area contributed by atoms with Gasteiger partial charge in [-0.05, 0) is 55.8 Å². The molecule has 0 saturated heterocycles. The molecular formula is C14H20N2O. The van der Waals surface area contributed by atoms with Gasteiger partial charge in [-0.3, -0.25) is 4.79 Å². The van der Waals surface area contributed by atoms with Crippen LogP contribution in [-0.2, 0) is 5.41 Å². The number of hydrogen-bond acceptors (Lipinski definition) is 2. The van der Waals surface area contributed by atoms with E-state index in [0.717, 1.165) is 12.0 Å². The summed E-state index contributed by atoms with van der Waals surface area (Å²) in [5.41, 5.74) is 7.95. The van der Waals surface area contributed by atoms with Crippen molar-refractivity contribution in [2.45, 2.75) is 31.6 Å². The first kappa shape index (κ1) is 12.1. The molecule has 17 heavy (non-hydrogen) atoms. The van der Waals surface area contributed by atoms with Crippen molar-refractivity contribution < 1.29 is 4.79 Å². The lowest BCUT2D eigenvalue weighted by atomic mass is 9.91. The van der Waals surface area contributed by atoms with Crippen molar-refractivity contribution in [1.82, 2.24) is 5.32 Å². The highest BCUT2D eigenvalue weighted by atomic mass is 16.1. The molecule has 1 amide bonds. The Morgan fingerprint density at radius 3 is 2.82 bits per heavy atom. The van der Waals surface area contributed by atoms with Crippen molar-refractivity contribution >= 4 is 5.91 Å². The van der Waals surface area contributed by atoms with Crippen LogP contribution in [0.2, 0.25) is 0 Å². The molecule has 3 heteroatoms. The van der Waals surface area contributed by atoms with Gasteiger partial charge in [0.1, 0.15) is 0 Å². The van der Waals surface area contributed by atoms with Gasteiger partial charge in [0, 0.05) is 12.1 Å². The van der Waals surface area contributed by atoms with E-state index in [1.54, 1.807) is 0 Å². The summed E-state index contributed by atoms with van der Waals surface area (Å²) in [6.07, 6.45) is 3.41. The summed E-state index contributed by atoms with van der Waals surface area (Å²) in [6.45, 7) is 3.31. The normalized spacial score (nSPS) is 16.6. The molecule has 2 rings (SSSR count). The second-order valence-corrected chi connectivity index (χ2v) is 4.76. The Bertz CT molecular complexity index is 410. The lowest BCUT2D eigenvalue weighted by molar-refractivity contribution is 0.0955. The van der Waals surface area contributed by atoms with Crippen LogP contribution in [0.3, 0.4) is 0 Å². The molecule has 0 unspecified atom stereocenters. The highest BCUT2D eigenvalue weighted by Gasteiger charge is 2.43. The third kappa shape index (κ3) is 2.50. The number of carbonyl (C=O) groups excluding carboxylic acids is 1. The first-order chi connectivity index (χ1) is 8.22. The standard InChI is InChI=1S/C14H20N2O/c1-2-16-13(17)11-4-3-5-12(10-11)14(6-7-14)8-9-15/h3-5,10H,2,6-9,15H2,1H3,(H,16,17). The van der Waals surface area contributed by atoms with E-state index in [2.05, 4.69) is 11.4 Å². The van der Waals surface area contributed by atoms with Gasteiger partial charge in [0.25, 0.3) is 5.91 Å². The Morgan fingerprint density at radius 2 is 2.24 bits per heavy atom. The Kier molecular flexibility index (Phi) is 3.48. The smallest absolute Gasteiger partial charge is 0.251 e. The molecule has 0 bridgehead atoms. The van der Waals surface area contributed by atoms with Crippen LogP contribution in [0.4, 0.5) is 0 Å². The zero-order valence-electron chi connectivity index (χ0n) is 10.3. The molecule has 1 aromatic carbocycles. The van der Waals surface area contributed by atoms with Gasteiger partial charge in [-0.2, -0.15) is 0 Å². The Balaban J connectivity index is 2.20. The van der Waals surface area contributed by atoms with Crippen LogP contribution >= 0.6 is 0 Å². The minimum absolute atomic E-state index is 0.0119. The topological polar surface area (TPSA) is 55.1 Å². The number of rotatable bonds is 5. The zero-order chi connectivity index (χ0) is 12.3. The van der Waals surface area contributed by atoms with Crippen molar-refractivity contribution in [3.8, 4) is 0 Å². The molecule has 3 nitrogen and oxygen atoms in total. The minimum Gasteiger partial charge on any atom is -0.352 e. The van der Waals surface area contributed by atoms with E-state index in [0.29, 0.717) is 13.1 Å². The Morgan fingerprint density at radius 1 is 1.47 bits per heavy atom. The van der Waals surface area contributed by atoms with Gasteiger partial charge in [0.2, 0.25) is 0 Å². The molecule has 0 spiro atoms. The molecule has 92 valence electrons. The fourth-order valence-electron chi connectivity index (χ4n) is 2.36. The van der Waals surface area contributed by atoms with Crippen LogP contribution in [0.1, 0.15) is 42.1 Å². The molecular weight excluding hydrogens is 212 g/mol. The van der Waals surface area contributed by atoms with Crippen LogP contribution in [-0.4, -0.2) is 19.0 Å². The molecule has 0 heterocycles. The maximum atomic E-state index is 11.8. The van der Waals surface area contributed by atoms with E-state index in [9.17, 15) is 4.79 Å². The largest absolute Gasteiger partial charge is 0.352 e. The predicted molar refractivity (Wildman–Crippen MR) is 69.0 cm³/mol. The van der Waals surface area contributed by atoms with Gasteiger partial charge in [0.05, 0.1) is 0 Å². The van der Waals surface area contributed by atoms with Gasteiger partial charge in [0.15, 0.2) is 0 Å². The van der Waals surface area contributed by atoms with Gasteiger partial charge < -0.3 is 11.1 Å². The molecule has 3 N–H and O–H groups in total. The molecule has 0 radical (unpaired) electrons. The molecule has 1 aliphatic rings. The van der Waals surface area contributed by atoms with Crippen molar-refractivity contribution in [3.63, 3.8) is 0 Å². The lowest BCUT2D eigenvalue weighted by Gasteiger charge is -2.15. The van der Waals surface area contributed by atoms with Gasteiger partial charge in [-0.25, -0.2) is 0 Å². The van der Waals surface area contributed by atoms with Gasteiger partial charge >= 0.3 is 0 Å². The van der Waals surface area contributed by atoms with E-state index in [-0.39, 0.29) is 11.3 Å². The molecule has 0 aliphatic heterocycles. The first-order valence-corrected chi connectivity index (χ1v) is 6.31. The fourth-order valence-corrected chi connectivity index (χ4v) is 2.36. The minimum atomic E-state index is 0.0119. The van der Waals surface area contributed by atoms with Crippen LogP contribution in [0.5, 0.6) is 0 Å². The first-order valence-electron chi connectivity index (χ1n) is 6.31. The predicted octanol–water partition coefficient (Wildman–Crippen LogP) is 1.82. The summed E-state index contributed by atoms with van der Waals surface area (Å²) in [5.74, 6) is 0.0119. The number of amides is 1. The maximum Gasteiger partial charge on any atom is 0.251 e. The van der Waals surface area contributed by atoms with E-state index >= 15 is 0 Å². The Hall–Kier alpha value is -1.35. The van der Waals surface area contributed by atoms with E-state index in [1.165, 1.54) is 18.4 Å². The number of hydrogen-bond donors (Lipinski definition) is 2. The van der Waals surface area contributed by atoms with Crippen LogP contribution in [0, 0.1) is 0 Å². The summed E-state index contributed by atoms with van der Waals surface area (Å²) < 4.78 is 0. The summed E-state index contributed by atoms with van der Waals surface area (Å²) >= 11 is 0. The lowest BCUT2D eigenvalue weighted by Crippen LogP contribution is -2.23. The zero-order valence-corrected chi connectivity index (χ0v) is 10.3. The molecule has 0 atom stereocenters. The van der Waals surface area contributed by atoms with Crippen LogP contribution < -0.4 is 11.1 Å². The van der Waals surface area contributed by atoms with Crippen LogP contribution in [0.25, 0.3) is 0 Å². The highest BCUT2D eigenvalue weighted by molar-refractivity contribution is 5.94. The summed E-state index contributed by atoms with van der Waals surface area (Å²) in [4.78, 5) is 11.8. The average Bonchev–Trinajstić information content (AvgIpc) is 3.11. The molecule has 1 saturated carbocycles. The van der Waals surface area contributed by atoms with Crippen LogP contribution in [0.15, 0.2) is 24.3 Å². The van der Waals surface area contributed by atoms with Crippen molar-refractivity contribution in [1.29, 1.82) is 0 Å². The summed E-state index contributed by atoms with van der Waals surface area (Å²) in [6, 6.07) is 7.97. The molecule has 1 aromatic rings. The molecule has 1 aliphatic carbocycles. The van der Waals surface area contributed by atoms with Crippen molar-refractivity contribution in [2.24, 2.45) is 5.73 Å². The quantitative estimate of drug-likeness (QED) is 0.813.